The van der Waals surface area contributed by atoms with Crippen molar-refractivity contribution in [2.45, 2.75) is 5.25 Å². The Kier molecular flexibility index (Phi) is 2.73. The summed E-state index contributed by atoms with van der Waals surface area (Å²) < 4.78 is 0. The fourth-order valence-corrected chi connectivity index (χ4v) is 2.93. The van der Waals surface area contributed by atoms with Crippen molar-refractivity contribution in [2.24, 2.45) is 4.99 Å². The Bertz CT molecular complexity index is 665. The molecule has 1 aliphatic rings. The van der Waals surface area contributed by atoms with Crippen LogP contribution in [-0.4, -0.2) is 28.9 Å². The standard InChI is InChI=1S/C13H12N4S/c1-15-10-4-2-3-8-5-11(17-12(8)10)13-16-7-9(6-14)18-13/h2-5,9,15,17H,7H2,1H3. The molecule has 2 N–H and O–H groups in total. The highest BCUT2D eigenvalue weighted by atomic mass is 32.2. The van der Waals surface area contributed by atoms with E-state index in [9.17, 15) is 0 Å². The minimum absolute atomic E-state index is 0.0461. The van der Waals surface area contributed by atoms with Crippen LogP contribution in [0.25, 0.3) is 10.9 Å². The molecule has 5 heteroatoms. The number of aromatic nitrogens is 1. The molecule has 4 nitrogen and oxygen atoms in total. The second-order valence-electron chi connectivity index (χ2n) is 4.08. The predicted molar refractivity (Wildman–Crippen MR) is 76.2 cm³/mol. The summed E-state index contributed by atoms with van der Waals surface area (Å²) in [6.07, 6.45) is 0. The third-order valence-corrected chi connectivity index (χ3v) is 4.07. The maximum Gasteiger partial charge on any atom is 0.117 e. The summed E-state index contributed by atoms with van der Waals surface area (Å²) in [5.74, 6) is 0. The number of nitrogens with zero attached hydrogens (tertiary/aromatic N) is 2. The molecule has 1 aromatic carbocycles. The summed E-state index contributed by atoms with van der Waals surface area (Å²) >= 11 is 1.53. The number of rotatable bonds is 2. The number of hydrogen-bond acceptors (Lipinski definition) is 4. The molecule has 0 amide bonds. The number of benzene rings is 1. The molecule has 0 aliphatic carbocycles. The van der Waals surface area contributed by atoms with E-state index < -0.39 is 0 Å². The Morgan fingerprint density at radius 1 is 1.56 bits per heavy atom. The Balaban J connectivity index is 2.02. The van der Waals surface area contributed by atoms with Crippen molar-refractivity contribution in [2.75, 3.05) is 18.9 Å². The molecule has 0 spiro atoms. The van der Waals surface area contributed by atoms with Gasteiger partial charge in [-0.3, -0.25) is 4.99 Å². The smallest absolute Gasteiger partial charge is 0.117 e. The Morgan fingerprint density at radius 2 is 2.44 bits per heavy atom. The molecule has 0 radical (unpaired) electrons. The Morgan fingerprint density at radius 3 is 3.17 bits per heavy atom. The maximum atomic E-state index is 8.89. The van der Waals surface area contributed by atoms with Crippen LogP contribution in [0.15, 0.2) is 29.3 Å². The molecule has 0 bridgehead atoms. The number of anilines is 1. The molecular weight excluding hydrogens is 244 g/mol. The molecular formula is C13H12N4S. The van der Waals surface area contributed by atoms with Crippen molar-refractivity contribution in [1.29, 1.82) is 5.26 Å². The summed E-state index contributed by atoms with van der Waals surface area (Å²) in [6, 6.07) is 10.4. The molecule has 1 atom stereocenters. The minimum atomic E-state index is -0.0461. The van der Waals surface area contributed by atoms with Gasteiger partial charge >= 0.3 is 0 Å². The topological polar surface area (TPSA) is 64.0 Å². The second kappa shape index (κ2) is 4.39. The number of aliphatic imine (C=N–C) groups is 1. The van der Waals surface area contributed by atoms with E-state index in [1.807, 2.05) is 19.2 Å². The van der Waals surface area contributed by atoms with E-state index in [0.29, 0.717) is 6.54 Å². The zero-order valence-electron chi connectivity index (χ0n) is 9.90. The monoisotopic (exact) mass is 256 g/mol. The summed E-state index contributed by atoms with van der Waals surface area (Å²) in [6.45, 7) is 0.588. The quantitative estimate of drug-likeness (QED) is 0.868. The zero-order valence-corrected chi connectivity index (χ0v) is 10.7. The lowest BCUT2D eigenvalue weighted by Gasteiger charge is -2.00. The van der Waals surface area contributed by atoms with E-state index in [0.717, 1.165) is 27.3 Å². The van der Waals surface area contributed by atoms with Gasteiger partial charge < -0.3 is 10.3 Å². The van der Waals surface area contributed by atoms with Gasteiger partial charge in [-0.1, -0.05) is 23.9 Å². The van der Waals surface area contributed by atoms with Gasteiger partial charge in [-0.2, -0.15) is 5.26 Å². The first-order valence-electron chi connectivity index (χ1n) is 5.72. The van der Waals surface area contributed by atoms with Crippen molar-refractivity contribution in [3.63, 3.8) is 0 Å². The molecule has 0 saturated carbocycles. The van der Waals surface area contributed by atoms with Crippen LogP contribution in [0.1, 0.15) is 5.69 Å². The van der Waals surface area contributed by atoms with Crippen molar-refractivity contribution in [3.05, 3.63) is 30.0 Å². The molecule has 0 fully saturated rings. The lowest BCUT2D eigenvalue weighted by molar-refractivity contribution is 1.06. The van der Waals surface area contributed by atoms with E-state index in [2.05, 4.69) is 33.5 Å². The third-order valence-electron chi connectivity index (χ3n) is 2.95. The van der Waals surface area contributed by atoms with Crippen LogP contribution in [-0.2, 0) is 0 Å². The van der Waals surface area contributed by atoms with Crippen molar-refractivity contribution >= 4 is 33.4 Å². The molecule has 1 unspecified atom stereocenters. The normalized spacial score (nSPS) is 18.7. The highest BCUT2D eigenvalue weighted by molar-refractivity contribution is 8.15. The predicted octanol–water partition coefficient (Wildman–Crippen LogP) is 2.60. The number of hydrogen-bond donors (Lipinski definition) is 2. The van der Waals surface area contributed by atoms with Gasteiger partial charge in [-0.15, -0.1) is 0 Å². The van der Waals surface area contributed by atoms with E-state index in [1.165, 1.54) is 11.8 Å². The number of thioether (sulfide) groups is 1. The first-order valence-corrected chi connectivity index (χ1v) is 6.60. The first kappa shape index (κ1) is 11.2. The SMILES string of the molecule is CNc1cccc2cc(C3=NCC(C#N)S3)[nH]c12. The molecule has 18 heavy (non-hydrogen) atoms. The summed E-state index contributed by atoms with van der Waals surface area (Å²) in [7, 11) is 1.91. The number of para-hydroxylation sites is 1. The van der Waals surface area contributed by atoms with E-state index >= 15 is 0 Å². The number of H-pyrrole nitrogens is 1. The highest BCUT2D eigenvalue weighted by Gasteiger charge is 2.21. The van der Waals surface area contributed by atoms with Gasteiger partial charge in [0.2, 0.25) is 0 Å². The Hall–Kier alpha value is -1.93. The van der Waals surface area contributed by atoms with Gasteiger partial charge in [0.15, 0.2) is 0 Å². The lowest BCUT2D eigenvalue weighted by atomic mass is 10.2. The van der Waals surface area contributed by atoms with Crippen LogP contribution in [0, 0.1) is 11.3 Å². The number of aromatic amines is 1. The van der Waals surface area contributed by atoms with Crippen LogP contribution < -0.4 is 5.32 Å². The first-order chi connectivity index (χ1) is 8.81. The van der Waals surface area contributed by atoms with E-state index in [4.69, 9.17) is 5.26 Å². The van der Waals surface area contributed by atoms with Gasteiger partial charge in [0, 0.05) is 12.4 Å². The van der Waals surface area contributed by atoms with Crippen molar-refractivity contribution in [3.8, 4) is 6.07 Å². The third kappa shape index (κ3) is 1.75. The van der Waals surface area contributed by atoms with Crippen LogP contribution in [0.5, 0.6) is 0 Å². The van der Waals surface area contributed by atoms with Crippen LogP contribution in [0.4, 0.5) is 5.69 Å². The molecule has 2 heterocycles. The van der Waals surface area contributed by atoms with E-state index in [-0.39, 0.29) is 5.25 Å². The van der Waals surface area contributed by atoms with E-state index in [1.54, 1.807) is 0 Å². The zero-order chi connectivity index (χ0) is 12.5. The molecule has 3 rings (SSSR count). The Labute approximate surface area is 109 Å². The molecule has 2 aromatic rings. The van der Waals surface area contributed by atoms with Gasteiger partial charge in [0.1, 0.15) is 10.3 Å². The van der Waals surface area contributed by atoms with Gasteiger partial charge in [0.05, 0.1) is 29.5 Å². The summed E-state index contributed by atoms with van der Waals surface area (Å²) in [5, 5.41) is 14.1. The van der Waals surface area contributed by atoms with Gasteiger partial charge in [-0.25, -0.2) is 0 Å². The largest absolute Gasteiger partial charge is 0.386 e. The van der Waals surface area contributed by atoms with Crippen LogP contribution in [0.3, 0.4) is 0 Å². The maximum absolute atomic E-state index is 8.89. The molecule has 0 saturated heterocycles. The number of fused-ring (bicyclic) bond motifs is 1. The van der Waals surface area contributed by atoms with Crippen molar-refractivity contribution < 1.29 is 0 Å². The number of nitriles is 1. The highest BCUT2D eigenvalue weighted by Crippen LogP contribution is 2.29. The minimum Gasteiger partial charge on any atom is -0.386 e. The van der Waals surface area contributed by atoms with Gasteiger partial charge in [-0.05, 0) is 12.1 Å². The van der Waals surface area contributed by atoms with Crippen molar-refractivity contribution in [1.82, 2.24) is 4.98 Å². The molecule has 90 valence electrons. The van der Waals surface area contributed by atoms with Gasteiger partial charge in [0.25, 0.3) is 0 Å². The second-order valence-corrected chi connectivity index (χ2v) is 5.28. The summed E-state index contributed by atoms with van der Waals surface area (Å²) in [4.78, 5) is 7.79. The lowest BCUT2D eigenvalue weighted by Crippen LogP contribution is -1.98. The fraction of sp³-hybridized carbons (Fsp3) is 0.231. The summed E-state index contributed by atoms with van der Waals surface area (Å²) in [5.41, 5.74) is 3.15. The molecule has 1 aromatic heterocycles. The van der Waals surface area contributed by atoms with Crippen LogP contribution >= 0.6 is 11.8 Å². The fourth-order valence-electron chi connectivity index (χ4n) is 2.07. The average molecular weight is 256 g/mol. The van der Waals surface area contributed by atoms with Crippen LogP contribution in [0.2, 0.25) is 0 Å². The molecule has 1 aliphatic heterocycles. The number of nitrogens with one attached hydrogen (secondary N) is 2. The average Bonchev–Trinajstić information content (AvgIpc) is 3.03.